The second-order valence-corrected chi connectivity index (χ2v) is 7.84. The second-order valence-electron chi connectivity index (χ2n) is 5.90. The van der Waals surface area contributed by atoms with E-state index in [1.165, 1.54) is 29.6 Å². The molecule has 2 N–H and O–H groups in total. The van der Waals surface area contributed by atoms with Crippen molar-refractivity contribution in [3.8, 4) is 0 Å². The van der Waals surface area contributed by atoms with Crippen molar-refractivity contribution in [2.45, 2.75) is 18.7 Å². The number of pyridine rings is 1. The number of H-pyrrole nitrogens is 1. The predicted octanol–water partition coefficient (Wildman–Crippen LogP) is 0.715. The molecule has 0 aliphatic rings. The number of carbonyl (C=O) groups is 2. The Morgan fingerprint density at radius 3 is 2.33 bits per heavy atom. The molecule has 27 heavy (non-hydrogen) atoms. The predicted molar refractivity (Wildman–Crippen MR) is 99.3 cm³/mol. The van der Waals surface area contributed by atoms with Gasteiger partial charge in [-0.2, -0.15) is 4.31 Å². The van der Waals surface area contributed by atoms with Crippen LogP contribution in [0.2, 0.25) is 0 Å². The summed E-state index contributed by atoms with van der Waals surface area (Å²) in [4.78, 5) is 38.8. The molecule has 0 spiro atoms. The molecule has 0 unspecified atom stereocenters. The number of nitrogens with one attached hydrogen (secondary N) is 1. The highest BCUT2D eigenvalue weighted by Gasteiger charge is 2.24. The summed E-state index contributed by atoms with van der Waals surface area (Å²) in [7, 11) is -2.47. The molecule has 0 fully saturated rings. The minimum Gasteiger partial charge on any atom is -0.480 e. The second kappa shape index (κ2) is 7.89. The van der Waals surface area contributed by atoms with Crippen LogP contribution in [-0.4, -0.2) is 66.3 Å². The van der Waals surface area contributed by atoms with E-state index in [1.54, 1.807) is 13.8 Å². The van der Waals surface area contributed by atoms with Crippen LogP contribution in [0.15, 0.2) is 34.0 Å². The number of carboxylic acid groups (broad SMARTS) is 1. The molecule has 1 aromatic heterocycles. The molecule has 0 aliphatic heterocycles. The van der Waals surface area contributed by atoms with Gasteiger partial charge < -0.3 is 15.0 Å². The van der Waals surface area contributed by atoms with Crippen LogP contribution in [0.1, 0.15) is 24.2 Å². The van der Waals surface area contributed by atoms with Crippen molar-refractivity contribution in [2.24, 2.45) is 0 Å². The first-order valence-corrected chi connectivity index (χ1v) is 9.70. The monoisotopic (exact) mass is 395 g/mol. The zero-order chi connectivity index (χ0) is 20.4. The quantitative estimate of drug-likeness (QED) is 0.711. The minimum absolute atomic E-state index is 0.0133. The number of aromatic amines is 1. The number of nitrogens with zero attached hydrogens (tertiary/aromatic N) is 2. The molecule has 1 aromatic carbocycles. The van der Waals surface area contributed by atoms with Gasteiger partial charge in [0.2, 0.25) is 15.6 Å². The van der Waals surface area contributed by atoms with Gasteiger partial charge in [0.15, 0.2) is 0 Å². The Morgan fingerprint density at radius 2 is 1.78 bits per heavy atom. The van der Waals surface area contributed by atoms with Crippen molar-refractivity contribution in [2.75, 3.05) is 26.7 Å². The van der Waals surface area contributed by atoms with Crippen LogP contribution >= 0.6 is 0 Å². The van der Waals surface area contributed by atoms with E-state index in [-0.39, 0.29) is 34.5 Å². The van der Waals surface area contributed by atoms with Crippen LogP contribution in [0.5, 0.6) is 0 Å². The molecule has 2 aromatic rings. The maximum atomic E-state index is 12.7. The molecule has 9 nitrogen and oxygen atoms in total. The SMILES string of the molecule is CCN(CC)S(=O)(=O)c1ccc2[nH]c(=O)cc(C(=O)N(C)CC(=O)O)c2c1. The molecule has 0 saturated heterocycles. The normalized spacial score (nSPS) is 11.7. The first-order chi connectivity index (χ1) is 12.6. The Labute approximate surface area is 156 Å². The Balaban J connectivity index is 2.67. The van der Waals surface area contributed by atoms with Gasteiger partial charge in [-0.15, -0.1) is 0 Å². The van der Waals surface area contributed by atoms with Crippen molar-refractivity contribution in [1.29, 1.82) is 0 Å². The van der Waals surface area contributed by atoms with Crippen molar-refractivity contribution >= 4 is 32.8 Å². The number of aromatic nitrogens is 1. The number of carboxylic acids is 1. The number of benzene rings is 1. The van der Waals surface area contributed by atoms with E-state index in [2.05, 4.69) is 4.98 Å². The number of amides is 1. The highest BCUT2D eigenvalue weighted by molar-refractivity contribution is 7.89. The standard InChI is InChI=1S/C17H21N3O6S/c1-4-20(5-2)27(25,26)11-6-7-14-12(8-11)13(9-15(21)18-14)17(24)19(3)10-16(22)23/h6-9H,4-5,10H2,1-3H3,(H,18,21)(H,22,23). The minimum atomic E-state index is -3.76. The maximum Gasteiger partial charge on any atom is 0.323 e. The zero-order valence-electron chi connectivity index (χ0n) is 15.2. The van der Waals surface area contributed by atoms with Gasteiger partial charge in [-0.1, -0.05) is 13.8 Å². The molecule has 1 amide bonds. The topological polar surface area (TPSA) is 128 Å². The molecule has 2 rings (SSSR count). The smallest absolute Gasteiger partial charge is 0.323 e. The van der Waals surface area contributed by atoms with Crippen LogP contribution in [-0.2, 0) is 14.8 Å². The number of hydrogen-bond acceptors (Lipinski definition) is 5. The van der Waals surface area contributed by atoms with E-state index in [9.17, 15) is 22.8 Å². The third kappa shape index (κ3) is 4.17. The van der Waals surface area contributed by atoms with Crippen LogP contribution in [0.25, 0.3) is 10.9 Å². The molecule has 0 aliphatic carbocycles. The number of likely N-dealkylation sites (N-methyl/N-ethyl adjacent to an activating group) is 1. The molecule has 146 valence electrons. The average Bonchev–Trinajstić information content (AvgIpc) is 2.60. The largest absolute Gasteiger partial charge is 0.480 e. The third-order valence-corrected chi connectivity index (χ3v) is 6.15. The van der Waals surface area contributed by atoms with E-state index in [0.29, 0.717) is 0 Å². The third-order valence-electron chi connectivity index (χ3n) is 4.11. The summed E-state index contributed by atoms with van der Waals surface area (Å²) in [6, 6.07) is 5.14. The number of aliphatic carboxylic acids is 1. The van der Waals surface area contributed by atoms with E-state index >= 15 is 0 Å². The molecule has 0 atom stereocenters. The first kappa shape index (κ1) is 20.6. The summed E-state index contributed by atoms with van der Waals surface area (Å²) in [5.74, 6) is -1.89. The van der Waals surface area contributed by atoms with Gasteiger partial charge in [-0.3, -0.25) is 14.4 Å². The van der Waals surface area contributed by atoms with Crippen LogP contribution < -0.4 is 5.56 Å². The van der Waals surface area contributed by atoms with Gasteiger partial charge >= 0.3 is 5.97 Å². The van der Waals surface area contributed by atoms with Gasteiger partial charge in [-0.25, -0.2) is 8.42 Å². The summed E-state index contributed by atoms with van der Waals surface area (Å²) < 4.78 is 26.8. The molecule has 10 heteroatoms. The molecule has 0 radical (unpaired) electrons. The Hall–Kier alpha value is -2.72. The highest BCUT2D eigenvalue weighted by atomic mass is 32.2. The maximum absolute atomic E-state index is 12.7. The van der Waals surface area contributed by atoms with Gasteiger partial charge in [0.1, 0.15) is 6.54 Å². The summed E-state index contributed by atoms with van der Waals surface area (Å²) in [6.07, 6.45) is 0. The van der Waals surface area contributed by atoms with E-state index in [0.717, 1.165) is 11.0 Å². The summed E-state index contributed by atoms with van der Waals surface area (Å²) >= 11 is 0. The van der Waals surface area contributed by atoms with E-state index in [4.69, 9.17) is 5.11 Å². The van der Waals surface area contributed by atoms with Crippen molar-refractivity contribution < 1.29 is 23.1 Å². The van der Waals surface area contributed by atoms with Crippen LogP contribution in [0, 0.1) is 0 Å². The fourth-order valence-corrected chi connectivity index (χ4v) is 4.25. The van der Waals surface area contributed by atoms with Crippen molar-refractivity contribution in [1.82, 2.24) is 14.2 Å². The van der Waals surface area contributed by atoms with Crippen molar-refractivity contribution in [3.63, 3.8) is 0 Å². The molecule has 0 bridgehead atoms. The van der Waals surface area contributed by atoms with Crippen LogP contribution in [0.4, 0.5) is 0 Å². The van der Waals surface area contributed by atoms with Gasteiger partial charge in [0.05, 0.1) is 10.5 Å². The molecule has 0 saturated carbocycles. The number of rotatable bonds is 7. The van der Waals surface area contributed by atoms with Crippen molar-refractivity contribution in [3.05, 3.63) is 40.2 Å². The Morgan fingerprint density at radius 1 is 1.15 bits per heavy atom. The van der Waals surface area contributed by atoms with Gasteiger partial charge in [-0.05, 0) is 18.2 Å². The van der Waals surface area contributed by atoms with Gasteiger partial charge in [0, 0.05) is 37.1 Å². The Kier molecular flexibility index (Phi) is 6.01. The number of hydrogen-bond donors (Lipinski definition) is 2. The average molecular weight is 395 g/mol. The fourth-order valence-electron chi connectivity index (χ4n) is 2.76. The number of sulfonamides is 1. The molecular weight excluding hydrogens is 374 g/mol. The lowest BCUT2D eigenvalue weighted by Crippen LogP contribution is -2.33. The summed E-state index contributed by atoms with van der Waals surface area (Å²) in [5.41, 5.74) is -0.323. The number of fused-ring (bicyclic) bond motifs is 1. The fraction of sp³-hybridized carbons (Fsp3) is 0.353. The zero-order valence-corrected chi connectivity index (χ0v) is 16.0. The highest BCUT2D eigenvalue weighted by Crippen LogP contribution is 2.23. The molecule has 1 heterocycles. The lowest BCUT2D eigenvalue weighted by atomic mass is 10.1. The van der Waals surface area contributed by atoms with Gasteiger partial charge in [0.25, 0.3) is 5.91 Å². The van der Waals surface area contributed by atoms with Crippen LogP contribution in [0.3, 0.4) is 0 Å². The lowest BCUT2D eigenvalue weighted by molar-refractivity contribution is -0.137. The number of carbonyl (C=O) groups excluding carboxylic acids is 1. The van der Waals surface area contributed by atoms with E-state index < -0.39 is 34.0 Å². The Bertz CT molecular complexity index is 1040. The summed E-state index contributed by atoms with van der Waals surface area (Å²) in [6.45, 7) is 3.46. The lowest BCUT2D eigenvalue weighted by Gasteiger charge is -2.19. The first-order valence-electron chi connectivity index (χ1n) is 8.26. The van der Waals surface area contributed by atoms with E-state index in [1.807, 2.05) is 0 Å². The summed E-state index contributed by atoms with van der Waals surface area (Å²) in [5, 5.41) is 9.09. The molecular formula is C17H21N3O6S.